The summed E-state index contributed by atoms with van der Waals surface area (Å²) in [4.78, 5) is 37.5. The number of aliphatic carboxylic acids is 1. The number of benzene rings is 2. The Kier molecular flexibility index (Phi) is 8.04. The zero-order valence-electron chi connectivity index (χ0n) is 19.4. The van der Waals surface area contributed by atoms with Crippen molar-refractivity contribution in [3.63, 3.8) is 0 Å². The Balaban J connectivity index is 1.79. The monoisotopic (exact) mass is 467 g/mol. The van der Waals surface area contributed by atoms with Gasteiger partial charge in [-0.15, -0.1) is 0 Å². The summed E-state index contributed by atoms with van der Waals surface area (Å²) in [5.41, 5.74) is 3.07. The van der Waals surface area contributed by atoms with E-state index < -0.39 is 29.8 Å². The number of carboxylic acid groups (broad SMARTS) is 1. The van der Waals surface area contributed by atoms with Crippen molar-refractivity contribution in [3.8, 4) is 0 Å². The summed E-state index contributed by atoms with van der Waals surface area (Å²) in [6.45, 7) is 7.43. The van der Waals surface area contributed by atoms with E-state index in [2.05, 4.69) is 22.5 Å². The van der Waals surface area contributed by atoms with E-state index >= 15 is 0 Å². The Morgan fingerprint density at radius 2 is 1.71 bits per heavy atom. The van der Waals surface area contributed by atoms with Gasteiger partial charge in [0.1, 0.15) is 11.9 Å². The number of carbonyl (C=O) groups excluding carboxylic acids is 2. The van der Waals surface area contributed by atoms with Crippen LogP contribution >= 0.6 is 0 Å². The molecule has 0 bridgehead atoms. The zero-order valence-corrected chi connectivity index (χ0v) is 19.4. The molecule has 0 aliphatic heterocycles. The van der Waals surface area contributed by atoms with Gasteiger partial charge in [0.15, 0.2) is 0 Å². The summed E-state index contributed by atoms with van der Waals surface area (Å²) in [5, 5.41) is 17.5. The predicted octanol–water partition coefficient (Wildman–Crippen LogP) is 5.49. The van der Waals surface area contributed by atoms with Gasteiger partial charge in [0.2, 0.25) is 0 Å². The Morgan fingerprint density at radius 1 is 1.06 bits per heavy atom. The molecule has 2 aromatic carbocycles. The van der Waals surface area contributed by atoms with E-state index in [4.69, 9.17) is 0 Å². The van der Waals surface area contributed by atoms with E-state index in [0.717, 1.165) is 60.9 Å². The van der Waals surface area contributed by atoms with Crippen LogP contribution in [0.1, 0.15) is 59.2 Å². The highest BCUT2D eigenvalue weighted by atomic mass is 19.1. The standard InChI is InChI=1S/C26H30FN3O4/c1-4-17-12-15(2)22(16(3)13-17)30-26(34)28-21-14-19(27)10-11-20(21)24(31)29-23(25(32)33)18-8-6-5-7-9-18/h4,10-14,18,23H,1,5-9H2,2-3H3,(H,29,31)(H,32,33)(H2,28,30,34)/t23-/m0/s1. The maximum Gasteiger partial charge on any atom is 0.326 e. The lowest BCUT2D eigenvalue weighted by Gasteiger charge is -2.28. The number of aryl methyl sites for hydroxylation is 2. The van der Waals surface area contributed by atoms with Crippen LogP contribution in [0, 0.1) is 25.6 Å². The molecule has 3 rings (SSSR count). The number of carbonyl (C=O) groups is 3. The van der Waals surface area contributed by atoms with Crippen LogP contribution < -0.4 is 16.0 Å². The van der Waals surface area contributed by atoms with Crippen molar-refractivity contribution in [3.05, 3.63) is 65.0 Å². The summed E-state index contributed by atoms with van der Waals surface area (Å²) in [6.07, 6.45) is 6.03. The van der Waals surface area contributed by atoms with Gasteiger partial charge in [0.05, 0.1) is 11.3 Å². The molecule has 2 aromatic rings. The molecule has 8 heteroatoms. The third kappa shape index (κ3) is 6.01. The number of nitrogens with one attached hydrogen (secondary N) is 3. The fraction of sp³-hybridized carbons (Fsp3) is 0.346. The van der Waals surface area contributed by atoms with Gasteiger partial charge in [0, 0.05) is 5.69 Å². The number of halogens is 1. The number of anilines is 2. The number of amides is 3. The van der Waals surface area contributed by atoms with Crippen LogP contribution in [0.4, 0.5) is 20.6 Å². The summed E-state index contributed by atoms with van der Waals surface area (Å²) in [7, 11) is 0. The number of hydrogen-bond acceptors (Lipinski definition) is 3. The molecule has 0 unspecified atom stereocenters. The van der Waals surface area contributed by atoms with Crippen molar-refractivity contribution in [2.24, 2.45) is 5.92 Å². The van der Waals surface area contributed by atoms with Gasteiger partial charge in [-0.25, -0.2) is 14.0 Å². The SMILES string of the molecule is C=Cc1cc(C)c(NC(=O)Nc2cc(F)ccc2C(=O)N[C@H](C(=O)O)C2CCCCC2)c(C)c1. The molecule has 0 heterocycles. The Hall–Kier alpha value is -3.68. The van der Waals surface area contributed by atoms with Gasteiger partial charge in [-0.1, -0.05) is 31.9 Å². The maximum atomic E-state index is 14.0. The highest BCUT2D eigenvalue weighted by molar-refractivity contribution is 6.07. The lowest BCUT2D eigenvalue weighted by Crippen LogP contribution is -2.46. The maximum absolute atomic E-state index is 14.0. The second-order valence-corrected chi connectivity index (χ2v) is 8.69. The van der Waals surface area contributed by atoms with Gasteiger partial charge in [0.25, 0.3) is 5.91 Å². The van der Waals surface area contributed by atoms with Gasteiger partial charge in [-0.05, 0) is 79.6 Å². The van der Waals surface area contributed by atoms with Crippen molar-refractivity contribution in [1.82, 2.24) is 5.32 Å². The van der Waals surface area contributed by atoms with Crippen LogP contribution in [0.25, 0.3) is 6.08 Å². The van der Waals surface area contributed by atoms with Crippen LogP contribution in [0.15, 0.2) is 36.9 Å². The number of hydrogen-bond donors (Lipinski definition) is 4. The fourth-order valence-corrected chi connectivity index (χ4v) is 4.46. The van der Waals surface area contributed by atoms with Gasteiger partial charge >= 0.3 is 12.0 Å². The topological polar surface area (TPSA) is 108 Å². The van der Waals surface area contributed by atoms with E-state index in [1.807, 2.05) is 26.0 Å². The Bertz CT molecular complexity index is 1090. The zero-order chi connectivity index (χ0) is 24.8. The molecule has 0 saturated heterocycles. The molecule has 0 radical (unpaired) electrons. The molecule has 1 atom stereocenters. The third-order valence-electron chi connectivity index (χ3n) is 6.18. The van der Waals surface area contributed by atoms with Crippen molar-refractivity contribution in [1.29, 1.82) is 0 Å². The second-order valence-electron chi connectivity index (χ2n) is 8.69. The first kappa shape index (κ1) is 25.0. The molecule has 1 aliphatic rings. The summed E-state index contributed by atoms with van der Waals surface area (Å²) in [6, 6.07) is 5.40. The number of rotatable bonds is 7. The van der Waals surface area contributed by atoms with Gasteiger partial charge in [-0.2, -0.15) is 0 Å². The molecule has 7 nitrogen and oxygen atoms in total. The second kappa shape index (κ2) is 11.0. The van der Waals surface area contributed by atoms with Crippen LogP contribution in [0.2, 0.25) is 0 Å². The van der Waals surface area contributed by atoms with Gasteiger partial charge < -0.3 is 21.1 Å². The van der Waals surface area contributed by atoms with Crippen molar-refractivity contribution in [2.45, 2.75) is 52.0 Å². The first-order chi connectivity index (χ1) is 16.2. The Labute approximate surface area is 198 Å². The predicted molar refractivity (Wildman–Crippen MR) is 131 cm³/mol. The fourth-order valence-electron chi connectivity index (χ4n) is 4.46. The summed E-state index contributed by atoms with van der Waals surface area (Å²) < 4.78 is 14.0. The highest BCUT2D eigenvalue weighted by Crippen LogP contribution is 2.28. The molecule has 0 aromatic heterocycles. The highest BCUT2D eigenvalue weighted by Gasteiger charge is 2.31. The smallest absolute Gasteiger partial charge is 0.326 e. The average molecular weight is 468 g/mol. The third-order valence-corrected chi connectivity index (χ3v) is 6.18. The van der Waals surface area contributed by atoms with Crippen molar-refractivity contribution in [2.75, 3.05) is 10.6 Å². The lowest BCUT2D eigenvalue weighted by molar-refractivity contribution is -0.141. The minimum Gasteiger partial charge on any atom is -0.480 e. The van der Waals surface area contributed by atoms with Crippen molar-refractivity contribution >= 4 is 35.4 Å². The quantitative estimate of drug-likeness (QED) is 0.432. The molecule has 1 saturated carbocycles. The van der Waals surface area contributed by atoms with E-state index in [9.17, 15) is 23.9 Å². The molecule has 1 fully saturated rings. The molecule has 34 heavy (non-hydrogen) atoms. The first-order valence-corrected chi connectivity index (χ1v) is 11.3. The van der Waals surface area contributed by atoms with E-state index in [0.29, 0.717) is 5.69 Å². The van der Waals surface area contributed by atoms with Crippen LogP contribution in [-0.4, -0.2) is 29.1 Å². The molecule has 0 spiro atoms. The van der Waals surface area contributed by atoms with Gasteiger partial charge in [-0.3, -0.25) is 4.79 Å². The minimum atomic E-state index is -1.11. The molecule has 1 aliphatic carbocycles. The largest absolute Gasteiger partial charge is 0.480 e. The normalized spacial score (nSPS) is 14.7. The average Bonchev–Trinajstić information content (AvgIpc) is 2.80. The van der Waals surface area contributed by atoms with Crippen molar-refractivity contribution < 1.29 is 23.9 Å². The number of urea groups is 1. The molecule has 4 N–H and O–H groups in total. The van der Waals surface area contributed by atoms with E-state index in [-0.39, 0.29) is 17.2 Å². The lowest BCUT2D eigenvalue weighted by atomic mass is 9.84. The first-order valence-electron chi connectivity index (χ1n) is 11.3. The summed E-state index contributed by atoms with van der Waals surface area (Å²) >= 11 is 0. The molecule has 3 amide bonds. The molecular weight excluding hydrogens is 437 g/mol. The van der Waals surface area contributed by atoms with Crippen LogP contribution in [0.5, 0.6) is 0 Å². The number of carboxylic acids is 1. The van der Waals surface area contributed by atoms with E-state index in [1.165, 1.54) is 6.07 Å². The van der Waals surface area contributed by atoms with E-state index in [1.54, 1.807) is 6.08 Å². The van der Waals surface area contributed by atoms with Crippen LogP contribution in [-0.2, 0) is 4.79 Å². The Morgan fingerprint density at radius 3 is 2.29 bits per heavy atom. The minimum absolute atomic E-state index is 0.0194. The molecular formula is C26H30FN3O4. The van der Waals surface area contributed by atoms with Crippen LogP contribution in [0.3, 0.4) is 0 Å². The molecule has 180 valence electrons. The summed E-state index contributed by atoms with van der Waals surface area (Å²) in [5.74, 6) is -2.60.